The van der Waals surface area contributed by atoms with Crippen LogP contribution in [0.2, 0.25) is 0 Å². The number of ketones is 1. The van der Waals surface area contributed by atoms with Gasteiger partial charge in [0.05, 0.1) is 0 Å². The number of ether oxygens (including phenoxy) is 1. The number of rotatable bonds is 6. The average molecular weight is 342 g/mol. The number of Topliss-reactive ketones (excluding diaryl/α,β-unsaturated/α-hetero) is 1. The fraction of sp³-hybridized carbons (Fsp3) is 0.350. The molecule has 0 radical (unpaired) electrons. The predicted molar refractivity (Wildman–Crippen MR) is 93.9 cm³/mol. The molecule has 1 N–H and O–H groups in total. The molecular weight excluding hydrogens is 320 g/mol. The molecular formula is C20H22O5. The van der Waals surface area contributed by atoms with Gasteiger partial charge in [-0.25, -0.2) is 0 Å². The van der Waals surface area contributed by atoms with Crippen LogP contribution in [0, 0.1) is 11.3 Å². The summed E-state index contributed by atoms with van der Waals surface area (Å²) in [4.78, 5) is 35.6. The van der Waals surface area contributed by atoms with Gasteiger partial charge in [0.2, 0.25) is 0 Å². The molecule has 0 amide bonds. The molecule has 0 fully saturated rings. The third-order valence-corrected chi connectivity index (χ3v) is 4.06. The van der Waals surface area contributed by atoms with Crippen molar-refractivity contribution < 1.29 is 24.2 Å². The van der Waals surface area contributed by atoms with E-state index in [4.69, 9.17) is 4.74 Å². The molecule has 2 aromatic carbocycles. The van der Waals surface area contributed by atoms with Crippen LogP contribution in [0.4, 0.5) is 0 Å². The summed E-state index contributed by atoms with van der Waals surface area (Å²) in [5.74, 6) is -4.01. The summed E-state index contributed by atoms with van der Waals surface area (Å²) in [6.45, 7) is 5.04. The number of aliphatic carboxylic acids is 1. The quantitative estimate of drug-likeness (QED) is 0.641. The Labute approximate surface area is 146 Å². The van der Waals surface area contributed by atoms with Gasteiger partial charge < -0.3 is 9.84 Å². The first-order valence-corrected chi connectivity index (χ1v) is 8.09. The Kier molecular flexibility index (Phi) is 5.57. The minimum absolute atomic E-state index is 0.0341. The Balaban J connectivity index is 2.11. The lowest BCUT2D eigenvalue weighted by atomic mass is 9.85. The molecule has 132 valence electrons. The Bertz CT molecular complexity index is 796. The summed E-state index contributed by atoms with van der Waals surface area (Å²) in [5, 5.41) is 11.2. The van der Waals surface area contributed by atoms with E-state index in [2.05, 4.69) is 0 Å². The lowest BCUT2D eigenvalue weighted by Gasteiger charge is -2.19. The van der Waals surface area contributed by atoms with Gasteiger partial charge in [0, 0.05) is 11.8 Å². The second-order valence-corrected chi connectivity index (χ2v) is 7.01. The fourth-order valence-electron chi connectivity index (χ4n) is 2.43. The molecule has 0 aliphatic carbocycles. The van der Waals surface area contributed by atoms with E-state index in [1.165, 1.54) is 0 Å². The first kappa shape index (κ1) is 18.6. The average Bonchev–Trinajstić information content (AvgIpc) is 2.56. The summed E-state index contributed by atoms with van der Waals surface area (Å²) in [6.07, 6.45) is -0.368. The van der Waals surface area contributed by atoms with E-state index in [0.29, 0.717) is 0 Å². The molecule has 25 heavy (non-hydrogen) atoms. The van der Waals surface area contributed by atoms with Crippen LogP contribution in [0.15, 0.2) is 42.5 Å². The van der Waals surface area contributed by atoms with E-state index in [-0.39, 0.29) is 18.8 Å². The van der Waals surface area contributed by atoms with Crippen LogP contribution in [-0.4, -0.2) is 22.8 Å². The van der Waals surface area contributed by atoms with Gasteiger partial charge in [-0.05, 0) is 16.3 Å². The molecule has 2 rings (SSSR count). The molecule has 0 saturated carbocycles. The second-order valence-electron chi connectivity index (χ2n) is 7.01. The van der Waals surface area contributed by atoms with Crippen LogP contribution in [0.5, 0.6) is 0 Å². The molecule has 1 unspecified atom stereocenters. The van der Waals surface area contributed by atoms with Crippen LogP contribution in [0.3, 0.4) is 0 Å². The maximum atomic E-state index is 12.2. The van der Waals surface area contributed by atoms with Crippen LogP contribution in [-0.2, 0) is 25.7 Å². The fourth-order valence-corrected chi connectivity index (χ4v) is 2.43. The summed E-state index contributed by atoms with van der Waals surface area (Å²) < 4.78 is 5.20. The zero-order valence-electron chi connectivity index (χ0n) is 14.6. The first-order chi connectivity index (χ1) is 11.7. The van der Waals surface area contributed by atoms with Crippen molar-refractivity contribution in [3.8, 4) is 0 Å². The third-order valence-electron chi connectivity index (χ3n) is 4.06. The van der Waals surface area contributed by atoms with Crippen molar-refractivity contribution in [1.82, 2.24) is 0 Å². The van der Waals surface area contributed by atoms with E-state index in [9.17, 15) is 19.5 Å². The molecule has 0 aliphatic rings. The summed E-state index contributed by atoms with van der Waals surface area (Å²) in [5.41, 5.74) is 0.0848. The summed E-state index contributed by atoms with van der Waals surface area (Å²) in [7, 11) is 0. The molecule has 0 heterocycles. The van der Waals surface area contributed by atoms with Crippen molar-refractivity contribution in [3.63, 3.8) is 0 Å². The zero-order valence-corrected chi connectivity index (χ0v) is 14.6. The lowest BCUT2D eigenvalue weighted by molar-refractivity contribution is -0.161. The number of esters is 1. The van der Waals surface area contributed by atoms with E-state index in [1.54, 1.807) is 20.8 Å². The van der Waals surface area contributed by atoms with Gasteiger partial charge in [0.15, 0.2) is 5.92 Å². The Morgan fingerprint density at radius 3 is 2.32 bits per heavy atom. The van der Waals surface area contributed by atoms with Gasteiger partial charge in [-0.3, -0.25) is 14.4 Å². The Morgan fingerprint density at radius 2 is 1.68 bits per heavy atom. The van der Waals surface area contributed by atoms with Crippen molar-refractivity contribution in [2.24, 2.45) is 11.3 Å². The van der Waals surface area contributed by atoms with Crippen molar-refractivity contribution in [1.29, 1.82) is 0 Å². The number of carboxylic acid groups (broad SMARTS) is 1. The topological polar surface area (TPSA) is 80.7 Å². The number of carbonyl (C=O) groups is 3. The van der Waals surface area contributed by atoms with Gasteiger partial charge in [0.25, 0.3) is 0 Å². The molecule has 1 atom stereocenters. The SMILES string of the molecule is CC(C)(C)C(=O)CC(C(=O)O)C(=O)OCc1cccc2ccccc12. The highest BCUT2D eigenvalue weighted by Crippen LogP contribution is 2.22. The summed E-state index contributed by atoms with van der Waals surface area (Å²) in [6, 6.07) is 13.3. The predicted octanol–water partition coefficient (Wildman–Crippen LogP) is 3.59. The second kappa shape index (κ2) is 7.47. The smallest absolute Gasteiger partial charge is 0.321 e. The molecule has 0 bridgehead atoms. The molecule has 0 spiro atoms. The zero-order chi connectivity index (χ0) is 18.6. The molecule has 5 nitrogen and oxygen atoms in total. The lowest BCUT2D eigenvalue weighted by Crippen LogP contribution is -2.32. The van der Waals surface area contributed by atoms with Gasteiger partial charge in [-0.1, -0.05) is 63.2 Å². The number of benzene rings is 2. The third kappa shape index (κ3) is 4.66. The van der Waals surface area contributed by atoms with Gasteiger partial charge in [0.1, 0.15) is 12.4 Å². The van der Waals surface area contributed by atoms with Crippen molar-refractivity contribution in [2.45, 2.75) is 33.8 Å². The van der Waals surface area contributed by atoms with E-state index >= 15 is 0 Å². The minimum Gasteiger partial charge on any atom is -0.481 e. The van der Waals surface area contributed by atoms with Crippen LogP contribution in [0.1, 0.15) is 32.8 Å². The highest BCUT2D eigenvalue weighted by molar-refractivity contribution is 5.99. The van der Waals surface area contributed by atoms with Gasteiger partial charge in [-0.2, -0.15) is 0 Å². The number of carboxylic acids is 1. The van der Waals surface area contributed by atoms with E-state index < -0.39 is 23.3 Å². The number of hydrogen-bond acceptors (Lipinski definition) is 4. The normalized spacial score (nSPS) is 12.6. The Morgan fingerprint density at radius 1 is 1.04 bits per heavy atom. The van der Waals surface area contributed by atoms with E-state index in [0.717, 1.165) is 16.3 Å². The Hall–Kier alpha value is -2.69. The van der Waals surface area contributed by atoms with Crippen LogP contribution >= 0.6 is 0 Å². The number of hydrogen-bond donors (Lipinski definition) is 1. The maximum absolute atomic E-state index is 12.2. The van der Waals surface area contributed by atoms with Crippen molar-refractivity contribution >= 4 is 28.5 Å². The number of fused-ring (bicyclic) bond motifs is 1. The molecule has 2 aromatic rings. The minimum atomic E-state index is -1.48. The van der Waals surface area contributed by atoms with Crippen LogP contribution < -0.4 is 0 Å². The molecule has 5 heteroatoms. The molecule has 0 saturated heterocycles. The van der Waals surface area contributed by atoms with E-state index in [1.807, 2.05) is 42.5 Å². The monoisotopic (exact) mass is 342 g/mol. The largest absolute Gasteiger partial charge is 0.481 e. The summed E-state index contributed by atoms with van der Waals surface area (Å²) >= 11 is 0. The van der Waals surface area contributed by atoms with Crippen LogP contribution in [0.25, 0.3) is 10.8 Å². The van der Waals surface area contributed by atoms with Gasteiger partial charge >= 0.3 is 11.9 Å². The highest BCUT2D eigenvalue weighted by Gasteiger charge is 2.34. The maximum Gasteiger partial charge on any atom is 0.321 e. The molecule has 0 aromatic heterocycles. The number of carbonyl (C=O) groups excluding carboxylic acids is 2. The van der Waals surface area contributed by atoms with Gasteiger partial charge in [-0.15, -0.1) is 0 Å². The van der Waals surface area contributed by atoms with Crippen molar-refractivity contribution in [3.05, 3.63) is 48.0 Å². The first-order valence-electron chi connectivity index (χ1n) is 8.09. The highest BCUT2D eigenvalue weighted by atomic mass is 16.5. The van der Waals surface area contributed by atoms with Crippen molar-refractivity contribution in [2.75, 3.05) is 0 Å². The standard InChI is InChI=1S/C20H22O5/c1-20(2,3)17(21)11-16(18(22)23)19(24)25-12-14-9-6-8-13-7-4-5-10-15(13)14/h4-10,16H,11-12H2,1-3H3,(H,22,23). The molecule has 0 aliphatic heterocycles.